The molecular weight excluding hydrogens is 400 g/mol. The standard InChI is InChI=1S/C23H28N2O4S/c1-16-11-12-17(2)22(15-16)30(27,28)24-19-8-4-3-7-18(19)23(26)25-13-14-29-21-10-6-5-9-20(21)25/h3-4,7-8,11-12,15,20-21,24H,5-6,9-10,13-14H2,1-2H3. The maximum Gasteiger partial charge on any atom is 0.262 e. The third kappa shape index (κ3) is 4.09. The third-order valence-corrected chi connectivity index (χ3v) is 7.54. The molecule has 6 nitrogen and oxygen atoms in total. The second kappa shape index (κ2) is 8.40. The number of aryl methyl sites for hydroxylation is 2. The number of hydrogen-bond donors (Lipinski definition) is 1. The Hall–Kier alpha value is -2.38. The molecule has 2 aliphatic rings. The molecule has 1 saturated heterocycles. The van der Waals surface area contributed by atoms with Gasteiger partial charge in [0.1, 0.15) is 0 Å². The molecule has 2 aromatic carbocycles. The largest absolute Gasteiger partial charge is 0.374 e. The number of benzene rings is 2. The van der Waals surface area contributed by atoms with Crippen molar-refractivity contribution in [2.24, 2.45) is 0 Å². The first-order valence-electron chi connectivity index (χ1n) is 10.5. The van der Waals surface area contributed by atoms with Crippen molar-refractivity contribution in [1.82, 2.24) is 4.90 Å². The van der Waals surface area contributed by atoms with Crippen molar-refractivity contribution in [1.29, 1.82) is 0 Å². The lowest BCUT2D eigenvalue weighted by molar-refractivity contribution is -0.0752. The minimum Gasteiger partial charge on any atom is -0.374 e. The maximum atomic E-state index is 13.5. The number of sulfonamides is 1. The number of morpholine rings is 1. The van der Waals surface area contributed by atoms with E-state index in [0.29, 0.717) is 30.0 Å². The van der Waals surface area contributed by atoms with Crippen molar-refractivity contribution in [3.8, 4) is 0 Å². The molecule has 7 heteroatoms. The normalized spacial score (nSPS) is 21.7. The van der Waals surface area contributed by atoms with Gasteiger partial charge in [-0.15, -0.1) is 0 Å². The molecular formula is C23H28N2O4S. The van der Waals surface area contributed by atoms with Gasteiger partial charge in [0.05, 0.1) is 34.9 Å². The number of hydrogen-bond acceptors (Lipinski definition) is 4. The molecule has 1 amide bonds. The molecule has 2 unspecified atom stereocenters. The predicted octanol–water partition coefficient (Wildman–Crippen LogP) is 3.89. The second-order valence-corrected chi connectivity index (χ2v) is 9.83. The molecule has 2 fully saturated rings. The molecule has 1 aliphatic heterocycles. The van der Waals surface area contributed by atoms with Crippen LogP contribution in [-0.2, 0) is 14.8 Å². The lowest BCUT2D eigenvalue weighted by atomic mass is 9.89. The van der Waals surface area contributed by atoms with Gasteiger partial charge in [0, 0.05) is 6.54 Å². The van der Waals surface area contributed by atoms with Crippen molar-refractivity contribution in [2.45, 2.75) is 56.6 Å². The van der Waals surface area contributed by atoms with Gasteiger partial charge in [-0.3, -0.25) is 9.52 Å². The molecule has 30 heavy (non-hydrogen) atoms. The number of nitrogens with one attached hydrogen (secondary N) is 1. The van der Waals surface area contributed by atoms with Gasteiger partial charge in [0.15, 0.2) is 0 Å². The van der Waals surface area contributed by atoms with Crippen LogP contribution in [0.5, 0.6) is 0 Å². The van der Waals surface area contributed by atoms with E-state index in [4.69, 9.17) is 4.74 Å². The molecule has 1 saturated carbocycles. The van der Waals surface area contributed by atoms with Gasteiger partial charge < -0.3 is 9.64 Å². The van der Waals surface area contributed by atoms with Gasteiger partial charge in [-0.2, -0.15) is 0 Å². The summed E-state index contributed by atoms with van der Waals surface area (Å²) in [6.45, 7) is 4.66. The summed E-state index contributed by atoms with van der Waals surface area (Å²) in [4.78, 5) is 15.6. The van der Waals surface area contributed by atoms with E-state index in [9.17, 15) is 13.2 Å². The fourth-order valence-electron chi connectivity index (χ4n) is 4.46. The Balaban J connectivity index is 1.64. The SMILES string of the molecule is Cc1ccc(C)c(S(=O)(=O)Nc2ccccc2C(=O)N2CCOC3CCCCC32)c1. The Morgan fingerprint density at radius 2 is 1.87 bits per heavy atom. The Morgan fingerprint density at radius 1 is 1.10 bits per heavy atom. The van der Waals surface area contributed by atoms with Crippen LogP contribution in [0.4, 0.5) is 5.69 Å². The minimum absolute atomic E-state index is 0.0590. The average molecular weight is 429 g/mol. The number of rotatable bonds is 4. The molecule has 2 aromatic rings. The van der Waals surface area contributed by atoms with Crippen LogP contribution in [0, 0.1) is 13.8 Å². The first kappa shape index (κ1) is 20.9. The van der Waals surface area contributed by atoms with E-state index < -0.39 is 10.0 Å². The van der Waals surface area contributed by atoms with Gasteiger partial charge in [0.25, 0.3) is 15.9 Å². The molecule has 160 valence electrons. The van der Waals surface area contributed by atoms with Crippen molar-refractivity contribution >= 4 is 21.6 Å². The summed E-state index contributed by atoms with van der Waals surface area (Å²) < 4.78 is 34.7. The van der Waals surface area contributed by atoms with Crippen LogP contribution in [-0.4, -0.2) is 44.5 Å². The quantitative estimate of drug-likeness (QED) is 0.802. The fraction of sp³-hybridized carbons (Fsp3) is 0.435. The molecule has 0 radical (unpaired) electrons. The molecule has 0 bridgehead atoms. The lowest BCUT2D eigenvalue weighted by Crippen LogP contribution is -2.54. The van der Waals surface area contributed by atoms with E-state index in [-0.39, 0.29) is 22.9 Å². The van der Waals surface area contributed by atoms with Gasteiger partial charge in [-0.05, 0) is 56.0 Å². The summed E-state index contributed by atoms with van der Waals surface area (Å²) >= 11 is 0. The second-order valence-electron chi connectivity index (χ2n) is 8.18. The third-order valence-electron chi connectivity index (χ3n) is 6.03. The van der Waals surface area contributed by atoms with E-state index in [1.54, 1.807) is 43.3 Å². The number of amides is 1. The van der Waals surface area contributed by atoms with Gasteiger partial charge in [-0.25, -0.2) is 8.42 Å². The number of fused-ring (bicyclic) bond motifs is 1. The highest BCUT2D eigenvalue weighted by Gasteiger charge is 2.37. The highest BCUT2D eigenvalue weighted by Crippen LogP contribution is 2.31. The number of carbonyl (C=O) groups excluding carboxylic acids is 1. The maximum absolute atomic E-state index is 13.5. The van der Waals surface area contributed by atoms with Crippen LogP contribution in [0.15, 0.2) is 47.4 Å². The van der Waals surface area contributed by atoms with Crippen molar-refractivity contribution in [3.05, 3.63) is 59.2 Å². The molecule has 4 rings (SSSR count). The van der Waals surface area contributed by atoms with Crippen LogP contribution < -0.4 is 4.72 Å². The van der Waals surface area contributed by atoms with Crippen LogP contribution in [0.2, 0.25) is 0 Å². The highest BCUT2D eigenvalue weighted by molar-refractivity contribution is 7.92. The average Bonchev–Trinajstić information content (AvgIpc) is 2.74. The first-order valence-corrected chi connectivity index (χ1v) is 12.0. The summed E-state index contributed by atoms with van der Waals surface area (Å²) in [5.41, 5.74) is 2.21. The number of nitrogens with zero attached hydrogens (tertiary/aromatic N) is 1. The molecule has 1 aliphatic carbocycles. The predicted molar refractivity (Wildman–Crippen MR) is 116 cm³/mol. The van der Waals surface area contributed by atoms with E-state index in [1.807, 2.05) is 17.9 Å². The van der Waals surface area contributed by atoms with Crippen molar-refractivity contribution < 1.29 is 17.9 Å². The molecule has 2 atom stereocenters. The number of ether oxygens (including phenoxy) is 1. The monoisotopic (exact) mass is 428 g/mol. The highest BCUT2D eigenvalue weighted by atomic mass is 32.2. The zero-order valence-corrected chi connectivity index (χ0v) is 18.2. The Labute approximate surface area is 178 Å². The number of anilines is 1. The van der Waals surface area contributed by atoms with Gasteiger partial charge >= 0.3 is 0 Å². The summed E-state index contributed by atoms with van der Waals surface area (Å²) in [6, 6.07) is 12.2. The van der Waals surface area contributed by atoms with Crippen molar-refractivity contribution in [2.75, 3.05) is 17.9 Å². The topological polar surface area (TPSA) is 75.7 Å². The van der Waals surface area contributed by atoms with E-state index in [0.717, 1.165) is 31.2 Å². The Morgan fingerprint density at radius 3 is 2.70 bits per heavy atom. The van der Waals surface area contributed by atoms with E-state index in [2.05, 4.69) is 4.72 Å². The van der Waals surface area contributed by atoms with Gasteiger partial charge in [-0.1, -0.05) is 37.1 Å². The first-order chi connectivity index (χ1) is 14.4. The van der Waals surface area contributed by atoms with E-state index >= 15 is 0 Å². The zero-order valence-electron chi connectivity index (χ0n) is 17.4. The van der Waals surface area contributed by atoms with Crippen LogP contribution in [0.25, 0.3) is 0 Å². The molecule has 0 aromatic heterocycles. The molecule has 1 heterocycles. The van der Waals surface area contributed by atoms with Crippen LogP contribution in [0.3, 0.4) is 0 Å². The van der Waals surface area contributed by atoms with Gasteiger partial charge in [0.2, 0.25) is 0 Å². The Bertz CT molecular complexity index is 1050. The summed E-state index contributed by atoms with van der Waals surface area (Å²) in [7, 11) is -3.82. The van der Waals surface area contributed by atoms with Crippen LogP contribution >= 0.6 is 0 Å². The zero-order chi connectivity index (χ0) is 21.3. The lowest BCUT2D eigenvalue weighted by Gasteiger charge is -2.44. The smallest absolute Gasteiger partial charge is 0.262 e. The molecule has 1 N–H and O–H groups in total. The van der Waals surface area contributed by atoms with E-state index in [1.165, 1.54) is 0 Å². The van der Waals surface area contributed by atoms with Crippen LogP contribution in [0.1, 0.15) is 47.2 Å². The molecule has 0 spiro atoms. The summed E-state index contributed by atoms with van der Waals surface area (Å²) in [6.07, 6.45) is 4.17. The number of carbonyl (C=O) groups is 1. The number of para-hydroxylation sites is 1. The van der Waals surface area contributed by atoms with Crippen molar-refractivity contribution in [3.63, 3.8) is 0 Å². The summed E-state index contributed by atoms with van der Waals surface area (Å²) in [5, 5.41) is 0. The Kier molecular flexibility index (Phi) is 5.84. The fourth-order valence-corrected chi connectivity index (χ4v) is 5.87. The minimum atomic E-state index is -3.82. The summed E-state index contributed by atoms with van der Waals surface area (Å²) in [5.74, 6) is -0.144.